The molecule has 36 heavy (non-hydrogen) atoms. The second-order valence-corrected chi connectivity index (χ2v) is 11.5. The molecule has 0 N–H and O–H groups in total. The lowest BCUT2D eigenvalue weighted by atomic mass is 9.94. The van der Waals surface area contributed by atoms with E-state index in [0.29, 0.717) is 0 Å². The number of benzene rings is 6. The van der Waals surface area contributed by atoms with Crippen molar-refractivity contribution < 1.29 is 0 Å². The van der Waals surface area contributed by atoms with Crippen LogP contribution in [0.4, 0.5) is 0 Å². The van der Waals surface area contributed by atoms with Crippen LogP contribution in [-0.4, -0.2) is 0 Å². The first-order valence-electron chi connectivity index (χ1n) is 12.2. The third-order valence-corrected chi connectivity index (χ3v) is 9.56. The minimum Gasteiger partial charge on any atom is -0.135 e. The molecule has 0 unspecified atom stereocenters. The first-order valence-corrected chi connectivity index (χ1v) is 13.8. The maximum atomic E-state index is 2.39. The van der Waals surface area contributed by atoms with Gasteiger partial charge < -0.3 is 0 Å². The molecular formula is C34H20S2. The quantitative estimate of drug-likeness (QED) is 0.166. The van der Waals surface area contributed by atoms with E-state index in [9.17, 15) is 0 Å². The lowest BCUT2D eigenvalue weighted by Gasteiger charge is -2.11. The summed E-state index contributed by atoms with van der Waals surface area (Å²) < 4.78 is 2.68. The lowest BCUT2D eigenvalue weighted by Crippen LogP contribution is -1.84. The van der Waals surface area contributed by atoms with E-state index in [4.69, 9.17) is 0 Å². The van der Waals surface area contributed by atoms with Gasteiger partial charge in [-0.05, 0) is 90.6 Å². The Labute approximate surface area is 216 Å². The van der Waals surface area contributed by atoms with E-state index >= 15 is 0 Å². The third kappa shape index (κ3) is 3.05. The van der Waals surface area contributed by atoms with Crippen LogP contribution in [-0.2, 0) is 0 Å². The maximum Gasteiger partial charge on any atom is 0.0361 e. The van der Waals surface area contributed by atoms with Gasteiger partial charge in [0.15, 0.2) is 0 Å². The van der Waals surface area contributed by atoms with Crippen molar-refractivity contribution in [2.75, 3.05) is 0 Å². The molecule has 0 aliphatic heterocycles. The Bertz CT molecular complexity index is 1960. The summed E-state index contributed by atoms with van der Waals surface area (Å²) in [4.78, 5) is 2.66. The summed E-state index contributed by atoms with van der Waals surface area (Å²) in [5.74, 6) is 0. The topological polar surface area (TPSA) is 0 Å². The zero-order chi connectivity index (χ0) is 23.6. The zero-order valence-corrected chi connectivity index (χ0v) is 21.0. The van der Waals surface area contributed by atoms with Gasteiger partial charge in [-0.1, -0.05) is 84.9 Å². The van der Waals surface area contributed by atoms with Crippen molar-refractivity contribution in [3.63, 3.8) is 0 Å². The molecule has 0 saturated heterocycles. The first kappa shape index (κ1) is 20.2. The van der Waals surface area contributed by atoms with Crippen molar-refractivity contribution >= 4 is 75.2 Å². The molecule has 0 amide bonds. The van der Waals surface area contributed by atoms with Crippen LogP contribution in [0.5, 0.6) is 0 Å². The second kappa shape index (κ2) is 7.76. The largest absolute Gasteiger partial charge is 0.135 e. The maximum absolute atomic E-state index is 2.39. The van der Waals surface area contributed by atoms with Gasteiger partial charge in [0.25, 0.3) is 0 Å². The van der Waals surface area contributed by atoms with Gasteiger partial charge in [0, 0.05) is 19.2 Å². The molecule has 2 heteroatoms. The SMILES string of the molecule is c1ccc2sc(-c3cccc4cc5c(ccc6c(-c7cc8ccccc8s7)cccc65)cc34)cc2c1. The van der Waals surface area contributed by atoms with E-state index < -0.39 is 0 Å². The number of rotatable bonds is 2. The summed E-state index contributed by atoms with van der Waals surface area (Å²) in [6, 6.07) is 44.8. The van der Waals surface area contributed by atoms with E-state index in [0.717, 1.165) is 0 Å². The molecule has 0 spiro atoms. The Morgan fingerprint density at radius 1 is 0.333 bits per heavy atom. The Morgan fingerprint density at radius 2 is 0.889 bits per heavy atom. The fourth-order valence-electron chi connectivity index (χ4n) is 5.52. The van der Waals surface area contributed by atoms with Crippen LogP contribution in [0.1, 0.15) is 0 Å². The first-order chi connectivity index (χ1) is 17.8. The van der Waals surface area contributed by atoms with Crippen LogP contribution in [0.3, 0.4) is 0 Å². The Kier molecular flexibility index (Phi) is 4.36. The molecule has 0 fully saturated rings. The van der Waals surface area contributed by atoms with Gasteiger partial charge in [0.1, 0.15) is 0 Å². The highest BCUT2D eigenvalue weighted by molar-refractivity contribution is 7.22. The van der Waals surface area contributed by atoms with Crippen LogP contribution >= 0.6 is 22.7 Å². The fraction of sp³-hybridized carbons (Fsp3) is 0. The van der Waals surface area contributed by atoms with Crippen molar-refractivity contribution in [3.05, 3.63) is 121 Å². The van der Waals surface area contributed by atoms with Crippen LogP contribution in [0.25, 0.3) is 73.4 Å². The summed E-state index contributed by atoms with van der Waals surface area (Å²) >= 11 is 3.75. The highest BCUT2D eigenvalue weighted by Gasteiger charge is 2.13. The monoisotopic (exact) mass is 492 g/mol. The van der Waals surface area contributed by atoms with Crippen LogP contribution in [0.15, 0.2) is 121 Å². The molecule has 8 aromatic rings. The average molecular weight is 493 g/mol. The highest BCUT2D eigenvalue weighted by atomic mass is 32.1. The zero-order valence-electron chi connectivity index (χ0n) is 19.4. The van der Waals surface area contributed by atoms with E-state index in [2.05, 4.69) is 121 Å². The fourth-order valence-corrected chi connectivity index (χ4v) is 7.73. The highest BCUT2D eigenvalue weighted by Crippen LogP contribution is 2.42. The number of thiophene rings is 2. The molecule has 2 aromatic heterocycles. The molecule has 0 aliphatic carbocycles. The third-order valence-electron chi connectivity index (χ3n) is 7.26. The van der Waals surface area contributed by atoms with Crippen molar-refractivity contribution in [3.8, 4) is 20.9 Å². The summed E-state index contributed by atoms with van der Waals surface area (Å²) in [5, 5.41) is 10.5. The summed E-state index contributed by atoms with van der Waals surface area (Å²) in [6.45, 7) is 0. The minimum atomic E-state index is 1.29. The molecule has 8 rings (SSSR count). The molecule has 0 atom stereocenters. The summed E-state index contributed by atoms with van der Waals surface area (Å²) in [6.07, 6.45) is 0. The standard InChI is InChI=1S/C34H20S2/c1-3-13-31-23(7-1)19-33(35-31)27-12-6-10-25-26(27)16-15-22-18-30-21(17-29(22)25)9-5-11-28(30)34-20-24-8-2-4-14-32(24)36-34/h1-20H. The van der Waals surface area contributed by atoms with Crippen molar-refractivity contribution in [2.45, 2.75) is 0 Å². The van der Waals surface area contributed by atoms with Crippen molar-refractivity contribution in [2.24, 2.45) is 0 Å². The normalized spacial score (nSPS) is 11.9. The van der Waals surface area contributed by atoms with Gasteiger partial charge in [-0.3, -0.25) is 0 Å². The molecule has 2 heterocycles. The molecule has 0 aliphatic rings. The van der Waals surface area contributed by atoms with E-state index in [1.54, 1.807) is 0 Å². The van der Waals surface area contributed by atoms with Crippen LogP contribution in [0, 0.1) is 0 Å². The molecule has 0 nitrogen and oxygen atoms in total. The Balaban J connectivity index is 1.36. The Morgan fingerprint density at radius 3 is 1.58 bits per heavy atom. The molecular weight excluding hydrogens is 473 g/mol. The smallest absolute Gasteiger partial charge is 0.0361 e. The number of hydrogen-bond donors (Lipinski definition) is 0. The minimum absolute atomic E-state index is 1.29. The molecule has 168 valence electrons. The van der Waals surface area contributed by atoms with Crippen molar-refractivity contribution in [1.82, 2.24) is 0 Å². The average Bonchev–Trinajstić information content (AvgIpc) is 3.55. The predicted molar refractivity (Wildman–Crippen MR) is 161 cm³/mol. The number of hydrogen-bond acceptors (Lipinski definition) is 2. The predicted octanol–water partition coefficient (Wildman–Crippen LogP) is 10.9. The Hall–Kier alpha value is -3.98. The van der Waals surface area contributed by atoms with E-state index in [-0.39, 0.29) is 0 Å². The van der Waals surface area contributed by atoms with E-state index in [1.807, 2.05) is 22.7 Å². The summed E-state index contributed by atoms with van der Waals surface area (Å²) in [5.41, 5.74) is 2.63. The molecule has 6 aromatic carbocycles. The van der Waals surface area contributed by atoms with Gasteiger partial charge >= 0.3 is 0 Å². The van der Waals surface area contributed by atoms with Crippen molar-refractivity contribution in [1.29, 1.82) is 0 Å². The summed E-state index contributed by atoms with van der Waals surface area (Å²) in [7, 11) is 0. The van der Waals surface area contributed by atoms with Gasteiger partial charge in [-0.25, -0.2) is 0 Å². The van der Waals surface area contributed by atoms with Gasteiger partial charge in [-0.2, -0.15) is 0 Å². The van der Waals surface area contributed by atoms with Gasteiger partial charge in [0.05, 0.1) is 0 Å². The molecule has 0 bridgehead atoms. The van der Waals surface area contributed by atoms with Crippen LogP contribution in [0.2, 0.25) is 0 Å². The molecule has 0 radical (unpaired) electrons. The second-order valence-electron chi connectivity index (χ2n) is 9.36. The van der Waals surface area contributed by atoms with E-state index in [1.165, 1.54) is 73.4 Å². The number of fused-ring (bicyclic) bond motifs is 6. The van der Waals surface area contributed by atoms with Gasteiger partial charge in [0.2, 0.25) is 0 Å². The van der Waals surface area contributed by atoms with Crippen LogP contribution < -0.4 is 0 Å². The van der Waals surface area contributed by atoms with Gasteiger partial charge in [-0.15, -0.1) is 22.7 Å². The molecule has 0 saturated carbocycles. The lowest BCUT2D eigenvalue weighted by molar-refractivity contribution is 1.75.